The van der Waals surface area contributed by atoms with E-state index in [1.165, 1.54) is 22.3 Å². The van der Waals surface area contributed by atoms with Gasteiger partial charge in [-0.3, -0.25) is 10.2 Å². The minimum Gasteiger partial charge on any atom is -0.307 e. The lowest BCUT2D eigenvalue weighted by atomic mass is 9.98. The number of para-hydroxylation sites is 2. The van der Waals surface area contributed by atoms with Gasteiger partial charge in [-0.1, -0.05) is 71.8 Å². The molecule has 0 saturated carbocycles. The standard InChI is InChI=1S/C29H32N4O/c1-20-7-11-22(12-8-20)17-24(15-16-28(34)25-18-31-25)33-27-6-4-3-5-26(27)32(29(33)30)19-23-13-9-21(2)10-14-23/h3-14,24-25,30-31H,15-19H2,1-2H3. The largest absolute Gasteiger partial charge is 0.307 e. The summed E-state index contributed by atoms with van der Waals surface area (Å²) in [5, 5.41) is 12.3. The van der Waals surface area contributed by atoms with Gasteiger partial charge in [0.1, 0.15) is 0 Å². The Morgan fingerprint density at radius 2 is 1.53 bits per heavy atom. The molecule has 174 valence electrons. The number of carbonyl (C=O) groups is 1. The summed E-state index contributed by atoms with van der Waals surface area (Å²) in [6.45, 7) is 5.63. The van der Waals surface area contributed by atoms with Gasteiger partial charge in [-0.15, -0.1) is 0 Å². The van der Waals surface area contributed by atoms with E-state index < -0.39 is 0 Å². The van der Waals surface area contributed by atoms with Crippen molar-refractivity contribution < 1.29 is 4.79 Å². The molecular weight excluding hydrogens is 420 g/mol. The van der Waals surface area contributed by atoms with Gasteiger partial charge in [-0.25, -0.2) is 0 Å². The predicted octanol–water partition coefficient (Wildman–Crippen LogP) is 4.69. The van der Waals surface area contributed by atoms with Gasteiger partial charge in [0.25, 0.3) is 0 Å². The molecule has 1 aliphatic rings. The van der Waals surface area contributed by atoms with Gasteiger partial charge in [0.05, 0.1) is 23.6 Å². The number of rotatable bonds is 9. The molecule has 1 saturated heterocycles. The number of aromatic nitrogens is 2. The topological polar surface area (TPSA) is 72.7 Å². The normalized spacial score (nSPS) is 16.0. The van der Waals surface area contributed by atoms with Crippen LogP contribution >= 0.6 is 0 Å². The van der Waals surface area contributed by atoms with Crippen LogP contribution in [0, 0.1) is 19.3 Å². The number of imidazole rings is 1. The van der Waals surface area contributed by atoms with E-state index in [4.69, 9.17) is 0 Å². The average molecular weight is 453 g/mol. The molecule has 1 aliphatic heterocycles. The number of Topliss-reactive ketones (excluding diaryl/α,β-unsaturated/α-hetero) is 1. The molecule has 2 heterocycles. The number of ketones is 1. The lowest BCUT2D eigenvalue weighted by molar-refractivity contribution is -0.118. The molecule has 0 bridgehead atoms. The van der Waals surface area contributed by atoms with Crippen molar-refractivity contribution in [2.75, 3.05) is 6.54 Å². The van der Waals surface area contributed by atoms with Gasteiger partial charge in [0.2, 0.25) is 5.62 Å². The highest BCUT2D eigenvalue weighted by molar-refractivity contribution is 5.86. The second kappa shape index (κ2) is 9.43. The molecule has 4 aromatic rings. The molecule has 5 nitrogen and oxygen atoms in total. The van der Waals surface area contributed by atoms with Crippen LogP contribution in [0.4, 0.5) is 0 Å². The SMILES string of the molecule is Cc1ccc(CC(CCC(=O)C2CN2)n2c(=N)n(Cc3ccc(C)cc3)c3ccccc32)cc1. The molecule has 3 aromatic carbocycles. The van der Waals surface area contributed by atoms with Crippen molar-refractivity contribution >= 4 is 16.8 Å². The Hall–Kier alpha value is -3.44. The molecule has 1 fully saturated rings. The first-order valence-electron chi connectivity index (χ1n) is 12.1. The molecule has 2 unspecified atom stereocenters. The minimum atomic E-state index is 0.0297. The third-order valence-electron chi connectivity index (χ3n) is 6.86. The van der Waals surface area contributed by atoms with Gasteiger partial charge in [-0.05, 0) is 49.9 Å². The van der Waals surface area contributed by atoms with Gasteiger partial charge in [-0.2, -0.15) is 0 Å². The Labute approximate surface area is 200 Å². The van der Waals surface area contributed by atoms with Crippen molar-refractivity contribution in [3.05, 3.63) is 101 Å². The molecule has 34 heavy (non-hydrogen) atoms. The van der Waals surface area contributed by atoms with Crippen LogP contribution < -0.4 is 10.9 Å². The molecule has 0 radical (unpaired) electrons. The molecule has 0 amide bonds. The van der Waals surface area contributed by atoms with Crippen LogP contribution in [-0.4, -0.2) is 27.5 Å². The van der Waals surface area contributed by atoms with Gasteiger partial charge >= 0.3 is 0 Å². The number of nitrogens with zero attached hydrogens (tertiary/aromatic N) is 2. The van der Waals surface area contributed by atoms with Crippen molar-refractivity contribution in [3.8, 4) is 0 Å². The zero-order chi connectivity index (χ0) is 23.7. The van der Waals surface area contributed by atoms with Crippen molar-refractivity contribution in [1.29, 1.82) is 5.41 Å². The summed E-state index contributed by atoms with van der Waals surface area (Å²) in [6.07, 6.45) is 2.04. The van der Waals surface area contributed by atoms with Crippen molar-refractivity contribution in [2.45, 2.75) is 51.7 Å². The fraction of sp³-hybridized carbons (Fsp3) is 0.310. The maximum Gasteiger partial charge on any atom is 0.203 e. The van der Waals surface area contributed by atoms with E-state index in [9.17, 15) is 10.2 Å². The van der Waals surface area contributed by atoms with Crippen LogP contribution in [0.3, 0.4) is 0 Å². The third kappa shape index (κ3) is 4.75. The molecule has 0 spiro atoms. The average Bonchev–Trinajstić information content (AvgIpc) is 3.66. The quantitative estimate of drug-likeness (QED) is 0.362. The molecule has 5 heteroatoms. The van der Waals surface area contributed by atoms with Crippen molar-refractivity contribution in [2.24, 2.45) is 0 Å². The second-order valence-corrected chi connectivity index (χ2v) is 9.56. The maximum atomic E-state index is 12.5. The number of hydrogen-bond acceptors (Lipinski definition) is 3. The van der Waals surface area contributed by atoms with E-state index in [-0.39, 0.29) is 17.9 Å². The Morgan fingerprint density at radius 1 is 0.941 bits per heavy atom. The number of fused-ring (bicyclic) bond motifs is 1. The highest BCUT2D eigenvalue weighted by atomic mass is 16.1. The van der Waals surface area contributed by atoms with E-state index in [0.29, 0.717) is 18.6 Å². The first kappa shape index (κ1) is 22.4. The van der Waals surface area contributed by atoms with E-state index in [1.54, 1.807) is 0 Å². The third-order valence-corrected chi connectivity index (χ3v) is 6.86. The van der Waals surface area contributed by atoms with Crippen LogP contribution in [-0.2, 0) is 17.8 Å². The molecule has 2 atom stereocenters. The summed E-state index contributed by atoms with van der Waals surface area (Å²) in [6, 6.07) is 25.5. The van der Waals surface area contributed by atoms with Crippen molar-refractivity contribution in [3.63, 3.8) is 0 Å². The molecule has 5 rings (SSSR count). The van der Waals surface area contributed by atoms with E-state index in [2.05, 4.69) is 89.0 Å². The van der Waals surface area contributed by atoms with Crippen LogP contribution in [0.25, 0.3) is 11.0 Å². The Morgan fingerprint density at radius 3 is 2.15 bits per heavy atom. The Bertz CT molecular complexity index is 1360. The van der Waals surface area contributed by atoms with Crippen LogP contribution in [0.15, 0.2) is 72.8 Å². The first-order chi connectivity index (χ1) is 16.5. The lowest BCUT2D eigenvalue weighted by Crippen LogP contribution is -2.30. The summed E-state index contributed by atoms with van der Waals surface area (Å²) in [4.78, 5) is 12.5. The second-order valence-electron chi connectivity index (χ2n) is 9.56. The van der Waals surface area contributed by atoms with E-state index in [1.807, 2.05) is 12.1 Å². The number of aryl methyl sites for hydroxylation is 2. The van der Waals surface area contributed by atoms with Crippen LogP contribution in [0.2, 0.25) is 0 Å². The molecule has 0 aliphatic carbocycles. The monoisotopic (exact) mass is 452 g/mol. The number of benzene rings is 3. The maximum absolute atomic E-state index is 12.5. The smallest absolute Gasteiger partial charge is 0.203 e. The minimum absolute atomic E-state index is 0.0297. The van der Waals surface area contributed by atoms with Gasteiger partial charge in [0.15, 0.2) is 5.78 Å². The van der Waals surface area contributed by atoms with Crippen LogP contribution in [0.1, 0.15) is 41.1 Å². The molecule has 1 aromatic heterocycles. The fourth-order valence-electron chi connectivity index (χ4n) is 4.75. The van der Waals surface area contributed by atoms with Crippen LogP contribution in [0.5, 0.6) is 0 Å². The molecular formula is C29H32N4O. The predicted molar refractivity (Wildman–Crippen MR) is 136 cm³/mol. The zero-order valence-corrected chi connectivity index (χ0v) is 19.9. The number of nitrogens with one attached hydrogen (secondary N) is 2. The number of hydrogen-bond donors (Lipinski definition) is 2. The first-order valence-corrected chi connectivity index (χ1v) is 12.1. The Balaban J connectivity index is 1.54. The van der Waals surface area contributed by atoms with Gasteiger partial charge < -0.3 is 14.5 Å². The highest BCUT2D eigenvalue weighted by Gasteiger charge is 2.29. The summed E-state index contributed by atoms with van der Waals surface area (Å²) >= 11 is 0. The van der Waals surface area contributed by atoms with E-state index >= 15 is 0 Å². The summed E-state index contributed by atoms with van der Waals surface area (Å²) in [5.74, 6) is 0.282. The lowest BCUT2D eigenvalue weighted by Gasteiger charge is -2.20. The fourth-order valence-corrected chi connectivity index (χ4v) is 4.75. The van der Waals surface area contributed by atoms with E-state index in [0.717, 1.165) is 30.4 Å². The number of carbonyl (C=O) groups excluding carboxylic acids is 1. The zero-order valence-electron chi connectivity index (χ0n) is 19.9. The van der Waals surface area contributed by atoms with Crippen molar-refractivity contribution in [1.82, 2.24) is 14.5 Å². The van der Waals surface area contributed by atoms with Gasteiger partial charge in [0, 0.05) is 19.0 Å². The summed E-state index contributed by atoms with van der Waals surface area (Å²) in [7, 11) is 0. The summed E-state index contributed by atoms with van der Waals surface area (Å²) in [5.41, 5.74) is 7.46. The summed E-state index contributed by atoms with van der Waals surface area (Å²) < 4.78 is 4.24. The molecule has 2 N–H and O–H groups in total. The highest BCUT2D eigenvalue weighted by Crippen LogP contribution is 2.26. The Kier molecular flexibility index (Phi) is 6.20.